The Morgan fingerprint density at radius 1 is 1.35 bits per heavy atom. The van der Waals surface area contributed by atoms with E-state index in [1.807, 2.05) is 6.07 Å². The normalized spacial score (nSPS) is 11.2. The van der Waals surface area contributed by atoms with Gasteiger partial charge in [-0.3, -0.25) is 4.79 Å². The zero-order valence-electron chi connectivity index (χ0n) is 10.8. The quantitative estimate of drug-likeness (QED) is 0.288. The third kappa shape index (κ3) is 4.76. The second-order valence-electron chi connectivity index (χ2n) is 3.59. The molecule has 4 nitrogen and oxygen atoms in total. The van der Waals surface area contributed by atoms with Crippen molar-refractivity contribution >= 4 is 36.1 Å². The second-order valence-corrected chi connectivity index (χ2v) is 5.33. The zero-order valence-corrected chi connectivity index (χ0v) is 12.5. The number of thioether (sulfide) groups is 1. The van der Waals surface area contributed by atoms with Crippen molar-refractivity contribution < 1.29 is 14.3 Å². The summed E-state index contributed by atoms with van der Waals surface area (Å²) < 4.78 is 4.93. The SMILES string of the molecule is CCOC(=O)/C(C#N)=C(\S)SCC(=O)c1ccccc1. The van der Waals surface area contributed by atoms with Crippen LogP contribution in [0.3, 0.4) is 0 Å². The first-order valence-electron chi connectivity index (χ1n) is 5.81. The first-order chi connectivity index (χ1) is 9.60. The number of nitrogens with zero attached hydrogens (tertiary/aromatic N) is 1. The van der Waals surface area contributed by atoms with Crippen LogP contribution < -0.4 is 0 Å². The van der Waals surface area contributed by atoms with Crippen molar-refractivity contribution in [1.82, 2.24) is 0 Å². The summed E-state index contributed by atoms with van der Waals surface area (Å²) in [6.07, 6.45) is 0. The smallest absolute Gasteiger partial charge is 0.350 e. The maximum Gasteiger partial charge on any atom is 0.350 e. The molecular weight excluding hydrogens is 294 g/mol. The zero-order chi connectivity index (χ0) is 15.0. The lowest BCUT2D eigenvalue weighted by atomic mass is 10.2. The first kappa shape index (κ1) is 16.3. The highest BCUT2D eigenvalue weighted by Gasteiger charge is 2.16. The van der Waals surface area contributed by atoms with Crippen LogP contribution in [0.25, 0.3) is 0 Å². The van der Waals surface area contributed by atoms with Gasteiger partial charge in [-0.1, -0.05) is 30.3 Å². The minimum absolute atomic E-state index is 0.0942. The van der Waals surface area contributed by atoms with Crippen molar-refractivity contribution in [3.8, 4) is 6.07 Å². The number of rotatable bonds is 6. The van der Waals surface area contributed by atoms with Crippen molar-refractivity contribution in [3.05, 3.63) is 45.7 Å². The number of ketones is 1. The van der Waals surface area contributed by atoms with Gasteiger partial charge in [0, 0.05) is 5.56 Å². The molecule has 1 rings (SSSR count). The van der Waals surface area contributed by atoms with Crippen LogP contribution in [0.2, 0.25) is 0 Å². The maximum atomic E-state index is 11.9. The Kier molecular flexibility index (Phi) is 6.91. The Balaban J connectivity index is 2.70. The predicted octanol–water partition coefficient (Wildman–Crippen LogP) is 2.83. The van der Waals surface area contributed by atoms with E-state index < -0.39 is 5.97 Å². The number of hydrogen-bond donors (Lipinski definition) is 1. The van der Waals surface area contributed by atoms with Gasteiger partial charge in [-0.15, -0.1) is 24.4 Å². The Hall–Kier alpha value is -1.71. The van der Waals surface area contributed by atoms with E-state index in [2.05, 4.69) is 12.6 Å². The minimum atomic E-state index is -0.723. The summed E-state index contributed by atoms with van der Waals surface area (Å²) in [5.74, 6) is -0.712. The lowest BCUT2D eigenvalue weighted by Crippen LogP contribution is -2.08. The van der Waals surface area contributed by atoms with Crippen molar-refractivity contribution in [3.63, 3.8) is 0 Å². The molecule has 0 N–H and O–H groups in total. The third-order valence-electron chi connectivity index (χ3n) is 2.24. The van der Waals surface area contributed by atoms with Gasteiger partial charge >= 0.3 is 5.97 Å². The van der Waals surface area contributed by atoms with Crippen LogP contribution in [-0.4, -0.2) is 24.1 Å². The predicted molar refractivity (Wildman–Crippen MR) is 81.5 cm³/mol. The number of esters is 1. The van der Waals surface area contributed by atoms with Gasteiger partial charge < -0.3 is 4.74 Å². The maximum absolute atomic E-state index is 11.9. The molecule has 0 bridgehead atoms. The van der Waals surface area contributed by atoms with E-state index in [0.29, 0.717) is 5.56 Å². The molecule has 0 unspecified atom stereocenters. The fourth-order valence-electron chi connectivity index (χ4n) is 1.30. The number of ether oxygens (including phenoxy) is 1. The van der Waals surface area contributed by atoms with Crippen LogP contribution in [0.5, 0.6) is 0 Å². The highest BCUT2D eigenvalue weighted by molar-refractivity contribution is 8.16. The van der Waals surface area contributed by atoms with Crippen molar-refractivity contribution in [2.45, 2.75) is 6.92 Å². The van der Waals surface area contributed by atoms with Crippen LogP contribution in [-0.2, 0) is 9.53 Å². The Bertz CT molecular complexity index is 562. The van der Waals surface area contributed by atoms with Crippen LogP contribution in [0, 0.1) is 11.3 Å². The van der Waals surface area contributed by atoms with Crippen molar-refractivity contribution in [2.75, 3.05) is 12.4 Å². The molecule has 20 heavy (non-hydrogen) atoms. The van der Waals surface area contributed by atoms with E-state index in [1.54, 1.807) is 37.3 Å². The summed E-state index contributed by atoms with van der Waals surface area (Å²) in [6.45, 7) is 1.83. The Morgan fingerprint density at radius 3 is 2.55 bits per heavy atom. The van der Waals surface area contributed by atoms with Gasteiger partial charge in [-0.25, -0.2) is 4.79 Å². The average Bonchev–Trinajstić information content (AvgIpc) is 2.46. The fourth-order valence-corrected chi connectivity index (χ4v) is 2.34. The van der Waals surface area contributed by atoms with E-state index in [1.165, 1.54) is 0 Å². The van der Waals surface area contributed by atoms with E-state index >= 15 is 0 Å². The van der Waals surface area contributed by atoms with Crippen LogP contribution in [0.15, 0.2) is 40.1 Å². The fraction of sp³-hybridized carbons (Fsp3) is 0.214. The van der Waals surface area contributed by atoms with Gasteiger partial charge in [-0.05, 0) is 6.92 Å². The van der Waals surface area contributed by atoms with Gasteiger partial charge in [-0.2, -0.15) is 5.26 Å². The number of benzene rings is 1. The minimum Gasteiger partial charge on any atom is -0.462 e. The lowest BCUT2D eigenvalue weighted by molar-refractivity contribution is -0.138. The second kappa shape index (κ2) is 8.46. The largest absolute Gasteiger partial charge is 0.462 e. The monoisotopic (exact) mass is 307 g/mol. The van der Waals surface area contributed by atoms with Gasteiger partial charge in [0.15, 0.2) is 11.4 Å². The molecule has 0 spiro atoms. The molecule has 0 aliphatic heterocycles. The molecule has 0 aliphatic carbocycles. The summed E-state index contributed by atoms with van der Waals surface area (Å²) in [5, 5.41) is 8.92. The number of carbonyl (C=O) groups excluding carboxylic acids is 2. The van der Waals surface area contributed by atoms with Crippen molar-refractivity contribution in [1.29, 1.82) is 5.26 Å². The highest BCUT2D eigenvalue weighted by Crippen LogP contribution is 2.25. The number of nitriles is 1. The molecular formula is C14H13NO3S2. The summed E-state index contributed by atoms with van der Waals surface area (Å²) in [5.41, 5.74) is 0.400. The Morgan fingerprint density at radius 2 is 2.00 bits per heavy atom. The van der Waals surface area contributed by atoms with E-state index in [0.717, 1.165) is 11.8 Å². The number of carbonyl (C=O) groups is 2. The summed E-state index contributed by atoms with van der Waals surface area (Å²) in [4.78, 5) is 23.4. The standard InChI is InChI=1S/C14H13NO3S2/c1-2-18-13(17)11(8-15)14(19)20-9-12(16)10-6-4-3-5-7-10/h3-7,19H,2,9H2,1H3/b14-11+. The van der Waals surface area contributed by atoms with E-state index in [9.17, 15) is 9.59 Å². The third-order valence-corrected chi connectivity index (χ3v) is 3.74. The number of thiol groups is 1. The molecule has 0 amide bonds. The van der Waals surface area contributed by atoms with E-state index in [4.69, 9.17) is 10.00 Å². The molecule has 0 fully saturated rings. The summed E-state index contributed by atoms with van der Waals surface area (Å²) in [7, 11) is 0. The van der Waals surface area contributed by atoms with Gasteiger partial charge in [0.05, 0.1) is 16.6 Å². The first-order valence-corrected chi connectivity index (χ1v) is 7.25. The molecule has 0 atom stereocenters. The molecule has 0 aliphatic rings. The molecule has 1 aromatic rings. The molecule has 0 saturated carbocycles. The highest BCUT2D eigenvalue weighted by atomic mass is 32.2. The number of hydrogen-bond acceptors (Lipinski definition) is 6. The molecule has 0 heterocycles. The lowest BCUT2D eigenvalue weighted by Gasteiger charge is -2.04. The summed E-state index contributed by atoms with van der Waals surface area (Å²) in [6, 6.07) is 10.5. The topological polar surface area (TPSA) is 67.2 Å². The van der Waals surface area contributed by atoms with Crippen LogP contribution >= 0.6 is 24.4 Å². The molecule has 1 aromatic carbocycles. The van der Waals surface area contributed by atoms with Crippen LogP contribution in [0.4, 0.5) is 0 Å². The summed E-state index contributed by atoms with van der Waals surface area (Å²) >= 11 is 5.13. The molecule has 0 saturated heterocycles. The Labute approximate surface area is 127 Å². The molecule has 6 heteroatoms. The van der Waals surface area contributed by atoms with Gasteiger partial charge in [0.2, 0.25) is 0 Å². The number of Topliss-reactive ketones (excluding diaryl/α,β-unsaturated/α-hetero) is 1. The molecule has 104 valence electrons. The average molecular weight is 307 g/mol. The molecule has 0 radical (unpaired) electrons. The van der Waals surface area contributed by atoms with Crippen molar-refractivity contribution in [2.24, 2.45) is 0 Å². The van der Waals surface area contributed by atoms with Gasteiger partial charge in [0.25, 0.3) is 0 Å². The van der Waals surface area contributed by atoms with Gasteiger partial charge in [0.1, 0.15) is 6.07 Å². The van der Waals surface area contributed by atoms with E-state index in [-0.39, 0.29) is 28.0 Å². The van der Waals surface area contributed by atoms with Crippen LogP contribution in [0.1, 0.15) is 17.3 Å². The molecule has 0 aromatic heterocycles.